The maximum atomic E-state index is 12.6. The van der Waals surface area contributed by atoms with E-state index in [-0.39, 0.29) is 16.7 Å². The summed E-state index contributed by atoms with van der Waals surface area (Å²) in [6, 6.07) is 13.7. The van der Waals surface area contributed by atoms with Crippen LogP contribution in [0.5, 0.6) is 0 Å². The van der Waals surface area contributed by atoms with Crippen molar-refractivity contribution in [3.63, 3.8) is 0 Å². The topological polar surface area (TPSA) is 75.7 Å². The van der Waals surface area contributed by atoms with Gasteiger partial charge in [0.1, 0.15) is 0 Å². The minimum atomic E-state index is -3.56. The van der Waals surface area contributed by atoms with Crippen LogP contribution in [0.1, 0.15) is 35.7 Å². The summed E-state index contributed by atoms with van der Waals surface area (Å²) in [4.78, 5) is 12.7. The van der Waals surface area contributed by atoms with E-state index in [1.165, 1.54) is 16.4 Å². The third kappa shape index (κ3) is 4.37. The first kappa shape index (κ1) is 19.5. The average molecular weight is 388 g/mol. The van der Waals surface area contributed by atoms with Crippen molar-refractivity contribution in [3.05, 3.63) is 59.7 Å². The highest BCUT2D eigenvalue weighted by Crippen LogP contribution is 2.24. The smallest absolute Gasteiger partial charge is 0.255 e. The third-order valence-electron chi connectivity index (χ3n) is 4.56. The van der Waals surface area contributed by atoms with Gasteiger partial charge in [0.15, 0.2) is 0 Å². The number of nitrogens with one attached hydrogen (secondary N) is 1. The quantitative estimate of drug-likeness (QED) is 0.854. The zero-order valence-electron chi connectivity index (χ0n) is 15.5. The van der Waals surface area contributed by atoms with Crippen LogP contribution >= 0.6 is 0 Å². The van der Waals surface area contributed by atoms with E-state index in [1.54, 1.807) is 12.1 Å². The summed E-state index contributed by atoms with van der Waals surface area (Å²) < 4.78 is 31.9. The van der Waals surface area contributed by atoms with E-state index >= 15 is 0 Å². The van der Waals surface area contributed by atoms with Crippen LogP contribution in [0.15, 0.2) is 53.4 Å². The molecule has 0 radical (unpaired) electrons. The maximum Gasteiger partial charge on any atom is 0.255 e. The van der Waals surface area contributed by atoms with E-state index in [0.29, 0.717) is 31.9 Å². The molecule has 1 aliphatic rings. The molecule has 0 bridgehead atoms. The van der Waals surface area contributed by atoms with Gasteiger partial charge in [-0.3, -0.25) is 4.79 Å². The van der Waals surface area contributed by atoms with Gasteiger partial charge in [0.2, 0.25) is 10.0 Å². The molecular weight excluding hydrogens is 364 g/mol. The SMILES string of the molecule is CC(C)c1ccccc1NC(=O)c1ccc(S(=O)(=O)N2CCOCC2)cc1. The van der Waals surface area contributed by atoms with E-state index in [9.17, 15) is 13.2 Å². The Hall–Kier alpha value is -2.22. The van der Waals surface area contributed by atoms with Crippen LogP contribution in [-0.4, -0.2) is 44.9 Å². The largest absolute Gasteiger partial charge is 0.379 e. The first-order valence-corrected chi connectivity index (χ1v) is 10.4. The van der Waals surface area contributed by atoms with Crippen molar-refractivity contribution in [2.24, 2.45) is 0 Å². The molecule has 0 saturated carbocycles. The first-order chi connectivity index (χ1) is 12.9. The molecule has 0 atom stereocenters. The lowest BCUT2D eigenvalue weighted by molar-refractivity contribution is 0.0730. The van der Waals surface area contributed by atoms with Crippen LogP contribution in [0.25, 0.3) is 0 Å². The van der Waals surface area contributed by atoms with Gasteiger partial charge in [-0.15, -0.1) is 0 Å². The number of carbonyl (C=O) groups is 1. The zero-order chi connectivity index (χ0) is 19.4. The number of morpholine rings is 1. The highest BCUT2D eigenvalue weighted by molar-refractivity contribution is 7.89. The van der Waals surface area contributed by atoms with Crippen LogP contribution in [0.4, 0.5) is 5.69 Å². The highest BCUT2D eigenvalue weighted by Gasteiger charge is 2.26. The molecule has 6 nitrogen and oxygen atoms in total. The molecule has 0 unspecified atom stereocenters. The molecule has 1 aliphatic heterocycles. The minimum Gasteiger partial charge on any atom is -0.379 e. The molecule has 0 spiro atoms. The summed E-state index contributed by atoms with van der Waals surface area (Å²) >= 11 is 0. The van der Waals surface area contributed by atoms with Crippen LogP contribution in [0.2, 0.25) is 0 Å². The number of nitrogens with zero attached hydrogens (tertiary/aromatic N) is 1. The second kappa shape index (κ2) is 8.21. The predicted octanol–water partition coefficient (Wildman–Crippen LogP) is 3.08. The monoisotopic (exact) mass is 388 g/mol. The Balaban J connectivity index is 1.76. The van der Waals surface area contributed by atoms with Gasteiger partial charge in [-0.1, -0.05) is 32.0 Å². The van der Waals surface area contributed by atoms with E-state index in [1.807, 2.05) is 24.3 Å². The summed E-state index contributed by atoms with van der Waals surface area (Å²) in [5.41, 5.74) is 2.23. The van der Waals surface area contributed by atoms with E-state index in [2.05, 4.69) is 19.2 Å². The Morgan fingerprint density at radius 3 is 2.30 bits per heavy atom. The third-order valence-corrected chi connectivity index (χ3v) is 6.47. The lowest BCUT2D eigenvalue weighted by Gasteiger charge is -2.26. The predicted molar refractivity (Wildman–Crippen MR) is 105 cm³/mol. The van der Waals surface area contributed by atoms with Crippen molar-refractivity contribution in [1.29, 1.82) is 0 Å². The zero-order valence-corrected chi connectivity index (χ0v) is 16.3. The Kier molecular flexibility index (Phi) is 5.94. The van der Waals surface area contributed by atoms with Gasteiger partial charge in [-0.25, -0.2) is 8.42 Å². The van der Waals surface area contributed by atoms with Crippen LogP contribution in [-0.2, 0) is 14.8 Å². The number of ether oxygens (including phenoxy) is 1. The van der Waals surface area contributed by atoms with Crippen LogP contribution in [0, 0.1) is 0 Å². The van der Waals surface area contributed by atoms with Gasteiger partial charge in [0.25, 0.3) is 5.91 Å². The van der Waals surface area contributed by atoms with Gasteiger partial charge >= 0.3 is 0 Å². The number of anilines is 1. The minimum absolute atomic E-state index is 0.184. The molecule has 1 amide bonds. The molecule has 144 valence electrons. The molecule has 0 aromatic heterocycles. The summed E-state index contributed by atoms with van der Waals surface area (Å²) in [5, 5.41) is 2.91. The molecule has 0 aliphatic carbocycles. The second-order valence-electron chi connectivity index (χ2n) is 6.74. The first-order valence-electron chi connectivity index (χ1n) is 8.98. The van der Waals surface area contributed by atoms with Gasteiger partial charge in [0, 0.05) is 24.3 Å². The molecule has 7 heteroatoms. The van der Waals surface area contributed by atoms with Crippen molar-refractivity contribution in [1.82, 2.24) is 4.31 Å². The van der Waals surface area contributed by atoms with Crippen molar-refractivity contribution in [2.45, 2.75) is 24.7 Å². The second-order valence-corrected chi connectivity index (χ2v) is 8.67. The van der Waals surface area contributed by atoms with Gasteiger partial charge in [-0.05, 0) is 41.8 Å². The average Bonchev–Trinajstić information content (AvgIpc) is 2.69. The fraction of sp³-hybridized carbons (Fsp3) is 0.350. The number of carbonyl (C=O) groups excluding carboxylic acids is 1. The molecular formula is C20H24N2O4S. The van der Waals surface area contributed by atoms with Gasteiger partial charge in [0.05, 0.1) is 18.1 Å². The molecule has 2 aromatic carbocycles. The fourth-order valence-electron chi connectivity index (χ4n) is 3.02. The number of amides is 1. The Morgan fingerprint density at radius 1 is 1.04 bits per heavy atom. The highest BCUT2D eigenvalue weighted by atomic mass is 32.2. The number of hydrogen-bond acceptors (Lipinski definition) is 4. The van der Waals surface area contributed by atoms with Gasteiger partial charge < -0.3 is 10.1 Å². The van der Waals surface area contributed by atoms with Crippen molar-refractivity contribution in [3.8, 4) is 0 Å². The lowest BCUT2D eigenvalue weighted by atomic mass is 10.0. The Bertz CT molecular complexity index is 902. The maximum absolute atomic E-state index is 12.6. The van der Waals surface area contributed by atoms with Crippen molar-refractivity contribution in [2.75, 3.05) is 31.6 Å². The van der Waals surface area contributed by atoms with E-state index in [0.717, 1.165) is 11.3 Å². The summed E-state index contributed by atoms with van der Waals surface area (Å²) in [6.45, 7) is 5.61. The number of para-hydroxylation sites is 1. The molecule has 1 fully saturated rings. The molecule has 27 heavy (non-hydrogen) atoms. The normalized spacial score (nSPS) is 15.7. The Morgan fingerprint density at radius 2 is 1.67 bits per heavy atom. The fourth-order valence-corrected chi connectivity index (χ4v) is 4.43. The van der Waals surface area contributed by atoms with Crippen molar-refractivity contribution < 1.29 is 17.9 Å². The van der Waals surface area contributed by atoms with Gasteiger partial charge in [-0.2, -0.15) is 4.31 Å². The summed E-state index contributed by atoms with van der Waals surface area (Å²) in [7, 11) is -3.56. The van der Waals surface area contributed by atoms with Crippen LogP contribution in [0.3, 0.4) is 0 Å². The molecule has 2 aromatic rings. The standard InChI is InChI=1S/C20H24N2O4S/c1-15(2)18-5-3-4-6-19(18)21-20(23)16-7-9-17(10-8-16)27(24,25)22-11-13-26-14-12-22/h3-10,15H,11-14H2,1-2H3,(H,21,23). The molecule has 1 saturated heterocycles. The molecule has 3 rings (SSSR count). The number of rotatable bonds is 5. The van der Waals surface area contributed by atoms with E-state index in [4.69, 9.17) is 4.74 Å². The van der Waals surface area contributed by atoms with E-state index < -0.39 is 10.0 Å². The molecule has 1 heterocycles. The number of sulfonamides is 1. The van der Waals surface area contributed by atoms with Crippen LogP contribution < -0.4 is 5.32 Å². The lowest BCUT2D eigenvalue weighted by Crippen LogP contribution is -2.40. The summed E-state index contributed by atoms with van der Waals surface area (Å²) in [5.74, 6) is 0.0148. The van der Waals surface area contributed by atoms with Crippen molar-refractivity contribution >= 4 is 21.6 Å². The number of hydrogen-bond donors (Lipinski definition) is 1. The summed E-state index contributed by atoms with van der Waals surface area (Å²) in [6.07, 6.45) is 0. The molecule has 1 N–H and O–H groups in total. The number of benzene rings is 2. The Labute approximate surface area is 160 Å².